The van der Waals surface area contributed by atoms with Crippen molar-refractivity contribution in [3.05, 3.63) is 72.4 Å². The van der Waals surface area contributed by atoms with Gasteiger partial charge in [-0.1, -0.05) is 54.1 Å². The zero-order valence-electron chi connectivity index (χ0n) is 18.9. The number of imidazole rings is 1. The molecule has 0 bridgehead atoms. The number of carbonyl (C=O) groups excluding carboxylic acids is 1. The van der Waals surface area contributed by atoms with Crippen LogP contribution in [0.25, 0.3) is 33.7 Å². The highest BCUT2D eigenvalue weighted by Crippen LogP contribution is 2.34. The Labute approximate surface area is 194 Å². The van der Waals surface area contributed by atoms with Crippen LogP contribution < -0.4 is 0 Å². The van der Waals surface area contributed by atoms with E-state index in [1.165, 1.54) is 16.7 Å². The van der Waals surface area contributed by atoms with Gasteiger partial charge >= 0.3 is 0 Å². The van der Waals surface area contributed by atoms with E-state index in [1.807, 2.05) is 6.07 Å². The SMILES string of the molecule is Cc1cccc(-c2ccc(-c3nc4ncccc4n3C[C@H]3CCN(C(=O)C4CC4)C3)cc2)c1. The summed E-state index contributed by atoms with van der Waals surface area (Å²) in [6.45, 7) is 4.70. The minimum Gasteiger partial charge on any atom is -0.342 e. The summed E-state index contributed by atoms with van der Waals surface area (Å²) in [4.78, 5) is 24.0. The van der Waals surface area contributed by atoms with E-state index in [0.29, 0.717) is 17.7 Å². The van der Waals surface area contributed by atoms with E-state index in [2.05, 4.69) is 76.0 Å². The maximum Gasteiger partial charge on any atom is 0.225 e. The molecule has 1 aliphatic heterocycles. The number of aryl methyl sites for hydroxylation is 1. The molecule has 0 spiro atoms. The van der Waals surface area contributed by atoms with Crippen LogP contribution in [0.2, 0.25) is 0 Å². The maximum atomic E-state index is 12.5. The molecule has 3 heterocycles. The Morgan fingerprint density at radius 1 is 0.970 bits per heavy atom. The summed E-state index contributed by atoms with van der Waals surface area (Å²) >= 11 is 0. The van der Waals surface area contributed by atoms with Gasteiger partial charge in [0.25, 0.3) is 0 Å². The van der Waals surface area contributed by atoms with Gasteiger partial charge in [-0.25, -0.2) is 9.97 Å². The molecule has 5 heteroatoms. The van der Waals surface area contributed by atoms with Crippen LogP contribution in [-0.2, 0) is 11.3 Å². The van der Waals surface area contributed by atoms with Crippen LogP contribution in [0.4, 0.5) is 0 Å². The Morgan fingerprint density at radius 2 is 1.79 bits per heavy atom. The van der Waals surface area contributed by atoms with Crippen molar-refractivity contribution in [2.75, 3.05) is 13.1 Å². The van der Waals surface area contributed by atoms with Crippen molar-refractivity contribution >= 4 is 17.1 Å². The fraction of sp³-hybridized carbons (Fsp3) is 0.321. The Morgan fingerprint density at radius 3 is 2.58 bits per heavy atom. The fourth-order valence-corrected chi connectivity index (χ4v) is 5.03. The van der Waals surface area contributed by atoms with E-state index >= 15 is 0 Å². The van der Waals surface area contributed by atoms with Crippen LogP contribution in [0.15, 0.2) is 66.9 Å². The molecular formula is C28H28N4O. The third kappa shape index (κ3) is 3.92. The number of fused-ring (bicyclic) bond motifs is 1. The van der Waals surface area contributed by atoms with Crippen molar-refractivity contribution in [3.63, 3.8) is 0 Å². The standard InChI is InChI=1S/C28H28N4O/c1-19-4-2-5-24(16-19)21-7-9-22(10-8-21)27-30-26-25(6-3-14-29-26)32(27)18-20-13-15-31(17-20)28(33)23-11-12-23/h2-10,14,16,20,23H,11-13,15,17-18H2,1H3/t20-/m0/s1. The lowest BCUT2D eigenvalue weighted by atomic mass is 10.0. The monoisotopic (exact) mass is 436 g/mol. The Hall–Kier alpha value is -3.47. The van der Waals surface area contributed by atoms with Gasteiger partial charge in [-0.15, -0.1) is 0 Å². The molecule has 2 fully saturated rings. The molecule has 1 saturated carbocycles. The number of amides is 1. The molecule has 1 atom stereocenters. The highest BCUT2D eigenvalue weighted by molar-refractivity contribution is 5.81. The van der Waals surface area contributed by atoms with Crippen LogP contribution in [0.5, 0.6) is 0 Å². The minimum absolute atomic E-state index is 0.296. The molecular weight excluding hydrogens is 408 g/mol. The van der Waals surface area contributed by atoms with E-state index < -0.39 is 0 Å². The Kier molecular flexibility index (Phi) is 4.97. The summed E-state index contributed by atoms with van der Waals surface area (Å²) in [5.41, 5.74) is 6.61. The molecule has 33 heavy (non-hydrogen) atoms. The molecule has 4 aromatic rings. The molecule has 2 aromatic heterocycles. The highest BCUT2D eigenvalue weighted by Gasteiger charge is 2.36. The van der Waals surface area contributed by atoms with E-state index in [1.54, 1.807) is 6.20 Å². The quantitative estimate of drug-likeness (QED) is 0.425. The predicted octanol–water partition coefficient (Wildman–Crippen LogP) is 5.33. The van der Waals surface area contributed by atoms with Crippen LogP contribution in [0.1, 0.15) is 24.8 Å². The number of hydrogen-bond acceptors (Lipinski definition) is 3. The first-order valence-electron chi connectivity index (χ1n) is 11.9. The van der Waals surface area contributed by atoms with Crippen LogP contribution in [0, 0.1) is 18.8 Å². The lowest BCUT2D eigenvalue weighted by Gasteiger charge is -2.17. The molecule has 6 rings (SSSR count). The lowest BCUT2D eigenvalue weighted by molar-refractivity contribution is -0.131. The van der Waals surface area contributed by atoms with Gasteiger partial charge in [0.15, 0.2) is 5.65 Å². The molecule has 166 valence electrons. The number of benzene rings is 2. The number of carbonyl (C=O) groups is 1. The normalized spacial score (nSPS) is 18.2. The van der Waals surface area contributed by atoms with Crippen molar-refractivity contribution in [1.29, 1.82) is 0 Å². The smallest absolute Gasteiger partial charge is 0.225 e. The summed E-state index contributed by atoms with van der Waals surface area (Å²) < 4.78 is 2.31. The molecule has 5 nitrogen and oxygen atoms in total. The van der Waals surface area contributed by atoms with Crippen LogP contribution in [0.3, 0.4) is 0 Å². The second-order valence-corrected chi connectivity index (χ2v) is 9.55. The van der Waals surface area contributed by atoms with Crippen molar-refractivity contribution in [3.8, 4) is 22.5 Å². The molecule has 1 amide bonds. The molecule has 0 radical (unpaired) electrons. The number of likely N-dealkylation sites (tertiary alicyclic amines) is 1. The van der Waals surface area contributed by atoms with Gasteiger partial charge in [-0.2, -0.15) is 0 Å². The predicted molar refractivity (Wildman–Crippen MR) is 131 cm³/mol. The minimum atomic E-state index is 0.296. The number of pyridine rings is 1. The average molecular weight is 437 g/mol. The van der Waals surface area contributed by atoms with E-state index in [4.69, 9.17) is 4.98 Å². The van der Waals surface area contributed by atoms with E-state index in [-0.39, 0.29) is 0 Å². The number of nitrogens with zero attached hydrogens (tertiary/aromatic N) is 4. The molecule has 0 N–H and O–H groups in total. The van der Waals surface area contributed by atoms with Crippen LogP contribution >= 0.6 is 0 Å². The summed E-state index contributed by atoms with van der Waals surface area (Å²) in [7, 11) is 0. The van der Waals surface area contributed by atoms with Crippen LogP contribution in [-0.4, -0.2) is 38.4 Å². The average Bonchev–Trinajstić information content (AvgIpc) is 3.49. The van der Waals surface area contributed by atoms with Crippen molar-refractivity contribution in [2.45, 2.75) is 32.7 Å². The maximum absolute atomic E-state index is 12.5. The summed E-state index contributed by atoms with van der Waals surface area (Å²) in [6.07, 6.45) is 4.99. The van der Waals surface area contributed by atoms with Crippen molar-refractivity contribution < 1.29 is 4.79 Å². The highest BCUT2D eigenvalue weighted by atomic mass is 16.2. The largest absolute Gasteiger partial charge is 0.342 e. The third-order valence-electron chi connectivity index (χ3n) is 6.98. The number of rotatable bonds is 5. The van der Waals surface area contributed by atoms with E-state index in [0.717, 1.165) is 61.4 Å². The molecule has 1 aliphatic carbocycles. The first kappa shape index (κ1) is 20.2. The van der Waals surface area contributed by atoms with Crippen molar-refractivity contribution in [1.82, 2.24) is 19.4 Å². The van der Waals surface area contributed by atoms with Gasteiger partial charge in [0.05, 0.1) is 5.52 Å². The second-order valence-electron chi connectivity index (χ2n) is 9.55. The second kappa shape index (κ2) is 8.14. The van der Waals surface area contributed by atoms with Gasteiger partial charge in [-0.3, -0.25) is 4.79 Å². The molecule has 2 aromatic carbocycles. The van der Waals surface area contributed by atoms with Gasteiger partial charge < -0.3 is 9.47 Å². The fourth-order valence-electron chi connectivity index (χ4n) is 5.03. The first-order valence-corrected chi connectivity index (χ1v) is 11.9. The van der Waals surface area contributed by atoms with Gasteiger partial charge in [-0.05, 0) is 55.4 Å². The molecule has 2 aliphatic rings. The molecule has 1 saturated heterocycles. The topological polar surface area (TPSA) is 51.0 Å². The summed E-state index contributed by atoms with van der Waals surface area (Å²) in [5, 5.41) is 0. The molecule has 0 unspecified atom stereocenters. The summed E-state index contributed by atoms with van der Waals surface area (Å²) in [5.74, 6) is 2.05. The Balaban J connectivity index is 1.30. The van der Waals surface area contributed by atoms with Crippen molar-refractivity contribution in [2.24, 2.45) is 11.8 Å². The third-order valence-corrected chi connectivity index (χ3v) is 6.98. The number of aromatic nitrogens is 3. The lowest BCUT2D eigenvalue weighted by Crippen LogP contribution is -2.30. The number of hydrogen-bond donors (Lipinski definition) is 0. The first-order chi connectivity index (χ1) is 16.2. The summed E-state index contributed by atoms with van der Waals surface area (Å²) in [6, 6.07) is 21.3. The Bertz CT molecular complexity index is 1320. The van der Waals surface area contributed by atoms with E-state index in [9.17, 15) is 4.79 Å². The zero-order chi connectivity index (χ0) is 22.4. The van der Waals surface area contributed by atoms with Gasteiger partial charge in [0, 0.05) is 37.3 Å². The zero-order valence-corrected chi connectivity index (χ0v) is 18.9. The van der Waals surface area contributed by atoms with Gasteiger partial charge in [0.2, 0.25) is 5.91 Å². The van der Waals surface area contributed by atoms with Gasteiger partial charge in [0.1, 0.15) is 5.82 Å².